The standard InChI is InChI=1S/C22H26ClFN2O2/c1-15-4-9-21(20(23)10-15)28-14-22(27)26-12-16(2)25(11-17(26)3)13-18-5-7-19(24)8-6-18/h4-10,16-17H,11-14H2,1-3H3. The Labute approximate surface area is 170 Å². The Bertz CT molecular complexity index is 828. The lowest BCUT2D eigenvalue weighted by Crippen LogP contribution is -2.58. The van der Waals surface area contributed by atoms with Crippen LogP contribution in [0.3, 0.4) is 0 Å². The molecule has 0 saturated carbocycles. The van der Waals surface area contributed by atoms with Gasteiger partial charge in [0.15, 0.2) is 6.61 Å². The molecule has 2 atom stereocenters. The molecule has 1 aliphatic heterocycles. The first-order valence-electron chi connectivity index (χ1n) is 9.50. The second-order valence-corrected chi connectivity index (χ2v) is 7.93. The summed E-state index contributed by atoms with van der Waals surface area (Å²) in [6.07, 6.45) is 0. The highest BCUT2D eigenvalue weighted by Crippen LogP contribution is 2.25. The highest BCUT2D eigenvalue weighted by Gasteiger charge is 2.32. The van der Waals surface area contributed by atoms with Gasteiger partial charge in [0.1, 0.15) is 11.6 Å². The van der Waals surface area contributed by atoms with Crippen LogP contribution in [0, 0.1) is 12.7 Å². The summed E-state index contributed by atoms with van der Waals surface area (Å²) in [5.41, 5.74) is 2.11. The number of carbonyl (C=O) groups is 1. The van der Waals surface area contributed by atoms with Gasteiger partial charge in [0, 0.05) is 31.7 Å². The minimum absolute atomic E-state index is 0.0300. The quantitative estimate of drug-likeness (QED) is 0.745. The fraction of sp³-hybridized carbons (Fsp3) is 0.409. The van der Waals surface area contributed by atoms with Gasteiger partial charge in [-0.2, -0.15) is 0 Å². The molecular weight excluding hydrogens is 379 g/mol. The lowest BCUT2D eigenvalue weighted by molar-refractivity contribution is -0.139. The summed E-state index contributed by atoms with van der Waals surface area (Å²) < 4.78 is 18.8. The maximum atomic E-state index is 13.1. The number of benzene rings is 2. The van der Waals surface area contributed by atoms with Gasteiger partial charge < -0.3 is 9.64 Å². The van der Waals surface area contributed by atoms with Crippen molar-refractivity contribution in [2.75, 3.05) is 19.7 Å². The van der Waals surface area contributed by atoms with Gasteiger partial charge in [0.2, 0.25) is 0 Å². The van der Waals surface area contributed by atoms with Gasteiger partial charge in [-0.1, -0.05) is 29.8 Å². The van der Waals surface area contributed by atoms with E-state index in [1.165, 1.54) is 12.1 Å². The molecule has 0 spiro atoms. The minimum atomic E-state index is -0.228. The molecule has 2 aromatic carbocycles. The third-order valence-corrected chi connectivity index (χ3v) is 5.47. The number of hydrogen-bond donors (Lipinski definition) is 0. The van der Waals surface area contributed by atoms with E-state index < -0.39 is 0 Å². The topological polar surface area (TPSA) is 32.8 Å². The highest BCUT2D eigenvalue weighted by molar-refractivity contribution is 6.32. The third kappa shape index (κ3) is 5.03. The number of piperazine rings is 1. The number of hydrogen-bond acceptors (Lipinski definition) is 3. The molecule has 1 saturated heterocycles. The summed E-state index contributed by atoms with van der Waals surface area (Å²) >= 11 is 6.18. The average molecular weight is 405 g/mol. The smallest absolute Gasteiger partial charge is 0.260 e. The molecule has 28 heavy (non-hydrogen) atoms. The van der Waals surface area contributed by atoms with Crippen molar-refractivity contribution in [2.45, 2.75) is 39.4 Å². The second kappa shape index (κ2) is 8.93. The van der Waals surface area contributed by atoms with Crippen molar-refractivity contribution in [3.63, 3.8) is 0 Å². The van der Waals surface area contributed by atoms with E-state index in [0.717, 1.165) is 24.2 Å². The van der Waals surface area contributed by atoms with Crippen molar-refractivity contribution in [3.8, 4) is 5.75 Å². The van der Waals surface area contributed by atoms with Gasteiger partial charge >= 0.3 is 0 Å². The molecule has 0 N–H and O–H groups in total. The van der Waals surface area contributed by atoms with Crippen LogP contribution in [0.2, 0.25) is 5.02 Å². The Balaban J connectivity index is 1.57. The number of amides is 1. The van der Waals surface area contributed by atoms with Crippen LogP contribution in [0.15, 0.2) is 42.5 Å². The van der Waals surface area contributed by atoms with Crippen LogP contribution < -0.4 is 4.74 Å². The molecule has 3 rings (SSSR count). The summed E-state index contributed by atoms with van der Waals surface area (Å²) in [5.74, 6) is 0.253. The van der Waals surface area contributed by atoms with E-state index in [1.54, 1.807) is 6.07 Å². The first-order chi connectivity index (χ1) is 13.3. The summed E-state index contributed by atoms with van der Waals surface area (Å²) in [7, 11) is 0. The molecule has 1 amide bonds. The molecule has 0 aromatic heterocycles. The molecule has 150 valence electrons. The van der Waals surface area contributed by atoms with E-state index in [4.69, 9.17) is 16.3 Å². The van der Waals surface area contributed by atoms with E-state index in [2.05, 4.69) is 11.8 Å². The Morgan fingerprint density at radius 1 is 1.14 bits per heavy atom. The Kier molecular flexibility index (Phi) is 6.57. The van der Waals surface area contributed by atoms with Crippen LogP contribution >= 0.6 is 11.6 Å². The van der Waals surface area contributed by atoms with Crippen LogP contribution in [-0.2, 0) is 11.3 Å². The van der Waals surface area contributed by atoms with Crippen molar-refractivity contribution < 1.29 is 13.9 Å². The molecule has 4 nitrogen and oxygen atoms in total. The zero-order valence-corrected chi connectivity index (χ0v) is 17.2. The van der Waals surface area contributed by atoms with Gasteiger partial charge in [-0.25, -0.2) is 4.39 Å². The van der Waals surface area contributed by atoms with E-state index >= 15 is 0 Å². The van der Waals surface area contributed by atoms with Crippen LogP contribution in [-0.4, -0.2) is 47.5 Å². The van der Waals surface area contributed by atoms with Gasteiger partial charge in [-0.3, -0.25) is 9.69 Å². The first-order valence-corrected chi connectivity index (χ1v) is 9.88. The molecule has 0 aliphatic carbocycles. The summed E-state index contributed by atoms with van der Waals surface area (Å²) in [5, 5.41) is 0.512. The monoisotopic (exact) mass is 404 g/mol. The molecule has 6 heteroatoms. The largest absolute Gasteiger partial charge is 0.482 e. The number of nitrogens with zero attached hydrogens (tertiary/aromatic N) is 2. The van der Waals surface area contributed by atoms with Crippen molar-refractivity contribution >= 4 is 17.5 Å². The molecule has 0 radical (unpaired) electrons. The molecule has 2 aromatic rings. The lowest BCUT2D eigenvalue weighted by atomic mass is 10.1. The van der Waals surface area contributed by atoms with E-state index in [0.29, 0.717) is 17.3 Å². The van der Waals surface area contributed by atoms with Crippen molar-refractivity contribution in [3.05, 3.63) is 64.4 Å². The summed E-state index contributed by atoms with van der Waals surface area (Å²) in [6.45, 7) is 8.20. The van der Waals surface area contributed by atoms with Crippen molar-refractivity contribution in [1.82, 2.24) is 9.80 Å². The third-order valence-electron chi connectivity index (χ3n) is 5.17. The highest BCUT2D eigenvalue weighted by atomic mass is 35.5. The second-order valence-electron chi connectivity index (χ2n) is 7.52. The maximum absolute atomic E-state index is 13.1. The Morgan fingerprint density at radius 3 is 2.54 bits per heavy atom. The van der Waals surface area contributed by atoms with Crippen molar-refractivity contribution in [2.24, 2.45) is 0 Å². The van der Waals surface area contributed by atoms with Crippen LogP contribution in [0.5, 0.6) is 5.75 Å². The van der Waals surface area contributed by atoms with Gasteiger partial charge in [0.05, 0.1) is 5.02 Å². The van der Waals surface area contributed by atoms with E-state index in [9.17, 15) is 9.18 Å². The minimum Gasteiger partial charge on any atom is -0.482 e. The number of ether oxygens (including phenoxy) is 1. The first kappa shape index (κ1) is 20.6. The number of aryl methyl sites for hydroxylation is 1. The van der Waals surface area contributed by atoms with Crippen molar-refractivity contribution in [1.29, 1.82) is 0 Å². The fourth-order valence-electron chi connectivity index (χ4n) is 3.54. The lowest BCUT2D eigenvalue weighted by Gasteiger charge is -2.44. The van der Waals surface area contributed by atoms with Gasteiger partial charge in [-0.15, -0.1) is 0 Å². The van der Waals surface area contributed by atoms with E-state index in [1.807, 2.05) is 43.0 Å². The molecule has 1 heterocycles. The summed E-state index contributed by atoms with van der Waals surface area (Å²) in [6, 6.07) is 12.4. The zero-order chi connectivity index (χ0) is 20.3. The fourth-order valence-corrected chi connectivity index (χ4v) is 3.83. The van der Waals surface area contributed by atoms with Gasteiger partial charge in [-0.05, 0) is 56.2 Å². The van der Waals surface area contributed by atoms with Crippen LogP contribution in [0.25, 0.3) is 0 Å². The molecule has 0 bridgehead atoms. The Morgan fingerprint density at radius 2 is 1.86 bits per heavy atom. The van der Waals surface area contributed by atoms with Crippen LogP contribution in [0.1, 0.15) is 25.0 Å². The van der Waals surface area contributed by atoms with Gasteiger partial charge in [0.25, 0.3) is 5.91 Å². The molecular formula is C22H26ClFN2O2. The predicted octanol–water partition coefficient (Wildman–Crippen LogP) is 4.29. The van der Waals surface area contributed by atoms with E-state index in [-0.39, 0.29) is 30.4 Å². The average Bonchev–Trinajstić information content (AvgIpc) is 2.65. The maximum Gasteiger partial charge on any atom is 0.260 e. The zero-order valence-electron chi connectivity index (χ0n) is 16.5. The normalized spacial score (nSPS) is 20.2. The Hall–Kier alpha value is -2.11. The predicted molar refractivity (Wildman–Crippen MR) is 109 cm³/mol. The molecule has 1 fully saturated rings. The molecule has 1 aliphatic rings. The number of rotatable bonds is 5. The SMILES string of the molecule is Cc1ccc(OCC(=O)N2CC(C)N(Cc3ccc(F)cc3)CC2C)c(Cl)c1. The number of carbonyl (C=O) groups excluding carboxylic acids is 1. The van der Waals surface area contributed by atoms with Crippen LogP contribution in [0.4, 0.5) is 4.39 Å². The number of halogens is 2. The molecule has 2 unspecified atom stereocenters. The summed E-state index contributed by atoms with van der Waals surface area (Å²) in [4.78, 5) is 16.9.